The number of hydrogen-bond donors (Lipinski definition) is 0. The maximum Gasteiger partial charge on any atom is 0.179 e. The van der Waals surface area contributed by atoms with Gasteiger partial charge in [-0.2, -0.15) is 0 Å². The van der Waals surface area contributed by atoms with Crippen molar-refractivity contribution in [2.24, 2.45) is 0 Å². The number of fused-ring (bicyclic) bond motifs is 9. The summed E-state index contributed by atoms with van der Waals surface area (Å²) in [6.45, 7) is 4.56. The number of pyridine rings is 1. The molecule has 8 aromatic rings. The summed E-state index contributed by atoms with van der Waals surface area (Å²) in [5.74, 6) is 0.648. The Morgan fingerprint density at radius 3 is 1.71 bits per heavy atom. The highest BCUT2D eigenvalue weighted by molar-refractivity contribution is 6.25. The van der Waals surface area contributed by atoms with E-state index in [2.05, 4.69) is 134 Å². The van der Waals surface area contributed by atoms with Crippen molar-refractivity contribution in [2.75, 3.05) is 0 Å². The van der Waals surface area contributed by atoms with Crippen LogP contribution in [-0.4, -0.2) is 15.0 Å². The molecule has 0 N–H and O–H groups in total. The summed E-state index contributed by atoms with van der Waals surface area (Å²) in [5, 5.41) is 7.72. The molecule has 0 atom stereocenters. The standard InChI is InChI=1S/C42H29N3/c1-42(2)36-16-8-7-15-34(36)40-38(42)39(44-41(45-40)37-17-9-10-24-43-37)27-20-18-26(19-21-27)28-22-23-33-31-13-4-3-11-29(31)30-12-5-6-14-32(30)35(33)25-28/h3-25H,1-2H3. The predicted molar refractivity (Wildman–Crippen MR) is 186 cm³/mol. The minimum absolute atomic E-state index is 0.231. The zero-order chi connectivity index (χ0) is 30.1. The molecule has 6 aromatic carbocycles. The van der Waals surface area contributed by atoms with Gasteiger partial charge in [-0.25, -0.2) is 9.97 Å². The van der Waals surface area contributed by atoms with E-state index in [0.29, 0.717) is 5.82 Å². The van der Waals surface area contributed by atoms with Gasteiger partial charge in [-0.05, 0) is 67.2 Å². The third-order valence-corrected chi connectivity index (χ3v) is 9.52. The zero-order valence-electron chi connectivity index (χ0n) is 25.1. The number of rotatable bonds is 3. The van der Waals surface area contributed by atoms with Crippen molar-refractivity contribution < 1.29 is 0 Å². The van der Waals surface area contributed by atoms with Crippen LogP contribution in [0.5, 0.6) is 0 Å². The van der Waals surface area contributed by atoms with Gasteiger partial charge in [-0.3, -0.25) is 4.98 Å². The lowest BCUT2D eigenvalue weighted by Gasteiger charge is -2.23. The molecule has 0 aliphatic heterocycles. The molecule has 0 bridgehead atoms. The lowest BCUT2D eigenvalue weighted by atomic mass is 9.80. The fourth-order valence-electron chi connectivity index (χ4n) is 7.34. The monoisotopic (exact) mass is 575 g/mol. The van der Waals surface area contributed by atoms with Crippen LogP contribution in [0.3, 0.4) is 0 Å². The first-order valence-corrected chi connectivity index (χ1v) is 15.5. The fourth-order valence-corrected chi connectivity index (χ4v) is 7.34. The van der Waals surface area contributed by atoms with Crippen molar-refractivity contribution in [3.63, 3.8) is 0 Å². The van der Waals surface area contributed by atoms with Crippen LogP contribution >= 0.6 is 0 Å². The summed E-state index contributed by atoms with van der Waals surface area (Å²) in [7, 11) is 0. The largest absolute Gasteiger partial charge is 0.253 e. The Bertz CT molecular complexity index is 2410. The van der Waals surface area contributed by atoms with Crippen molar-refractivity contribution in [1.82, 2.24) is 15.0 Å². The molecule has 3 nitrogen and oxygen atoms in total. The van der Waals surface area contributed by atoms with Gasteiger partial charge < -0.3 is 0 Å². The summed E-state index contributed by atoms with van der Waals surface area (Å²) in [5.41, 5.74) is 9.57. The maximum absolute atomic E-state index is 5.20. The maximum atomic E-state index is 5.20. The molecule has 2 heterocycles. The molecule has 0 amide bonds. The molecular weight excluding hydrogens is 546 g/mol. The van der Waals surface area contributed by atoms with E-state index in [1.165, 1.54) is 60.1 Å². The van der Waals surface area contributed by atoms with Crippen LogP contribution in [0.1, 0.15) is 25.0 Å². The van der Waals surface area contributed by atoms with Crippen LogP contribution in [0.15, 0.2) is 140 Å². The molecule has 3 heteroatoms. The molecule has 2 aromatic heterocycles. The molecule has 0 saturated heterocycles. The lowest BCUT2D eigenvalue weighted by Crippen LogP contribution is -2.17. The van der Waals surface area contributed by atoms with E-state index < -0.39 is 0 Å². The summed E-state index contributed by atoms with van der Waals surface area (Å²) in [6, 6.07) is 47.7. The second-order valence-electron chi connectivity index (χ2n) is 12.4. The molecule has 0 radical (unpaired) electrons. The summed E-state index contributed by atoms with van der Waals surface area (Å²) >= 11 is 0. The van der Waals surface area contributed by atoms with E-state index in [1.54, 1.807) is 6.20 Å². The normalized spacial score (nSPS) is 13.3. The zero-order valence-corrected chi connectivity index (χ0v) is 25.1. The quantitative estimate of drug-likeness (QED) is 0.197. The highest BCUT2D eigenvalue weighted by atomic mass is 14.9. The Labute approximate surface area is 261 Å². The van der Waals surface area contributed by atoms with E-state index in [9.17, 15) is 0 Å². The van der Waals surface area contributed by atoms with Gasteiger partial charge in [0.2, 0.25) is 0 Å². The van der Waals surface area contributed by atoms with Crippen LogP contribution in [0, 0.1) is 0 Å². The van der Waals surface area contributed by atoms with E-state index in [-0.39, 0.29) is 5.41 Å². The molecule has 1 aliphatic carbocycles. The van der Waals surface area contributed by atoms with Crippen molar-refractivity contribution in [3.05, 3.63) is 151 Å². The van der Waals surface area contributed by atoms with Gasteiger partial charge in [-0.15, -0.1) is 0 Å². The summed E-state index contributed by atoms with van der Waals surface area (Å²) in [4.78, 5) is 14.9. The first kappa shape index (κ1) is 25.8. The Kier molecular flexibility index (Phi) is 5.54. The molecule has 9 rings (SSSR count). The number of hydrogen-bond acceptors (Lipinski definition) is 3. The number of nitrogens with zero attached hydrogens (tertiary/aromatic N) is 3. The molecule has 0 saturated carbocycles. The van der Waals surface area contributed by atoms with Gasteiger partial charge in [0, 0.05) is 28.3 Å². The van der Waals surface area contributed by atoms with Crippen LogP contribution in [0.25, 0.3) is 77.5 Å². The molecule has 0 spiro atoms. The fraction of sp³-hybridized carbons (Fsp3) is 0.0714. The summed E-state index contributed by atoms with van der Waals surface area (Å²) in [6.07, 6.45) is 1.80. The van der Waals surface area contributed by atoms with E-state index in [0.717, 1.165) is 22.6 Å². The van der Waals surface area contributed by atoms with Gasteiger partial charge in [0.1, 0.15) is 5.69 Å². The topological polar surface area (TPSA) is 38.7 Å². The van der Waals surface area contributed by atoms with Gasteiger partial charge in [-0.1, -0.05) is 129 Å². The van der Waals surface area contributed by atoms with Crippen LogP contribution < -0.4 is 0 Å². The smallest absolute Gasteiger partial charge is 0.179 e. The van der Waals surface area contributed by atoms with Crippen molar-refractivity contribution >= 4 is 32.3 Å². The lowest BCUT2D eigenvalue weighted by molar-refractivity contribution is 0.658. The molecule has 0 fully saturated rings. The van der Waals surface area contributed by atoms with Crippen LogP contribution in [0.2, 0.25) is 0 Å². The van der Waals surface area contributed by atoms with Crippen molar-refractivity contribution in [1.29, 1.82) is 0 Å². The third kappa shape index (κ3) is 3.87. The minimum Gasteiger partial charge on any atom is -0.253 e. The second-order valence-corrected chi connectivity index (χ2v) is 12.4. The Morgan fingerprint density at radius 2 is 1.02 bits per heavy atom. The number of aromatic nitrogens is 3. The molecule has 1 aliphatic rings. The number of benzene rings is 6. The van der Waals surface area contributed by atoms with E-state index in [1.807, 2.05) is 18.2 Å². The molecule has 0 unspecified atom stereocenters. The average Bonchev–Trinajstić information content (AvgIpc) is 3.34. The highest BCUT2D eigenvalue weighted by Crippen LogP contribution is 2.51. The first-order valence-electron chi connectivity index (χ1n) is 15.5. The summed E-state index contributed by atoms with van der Waals surface area (Å²) < 4.78 is 0. The SMILES string of the molecule is CC1(C)c2ccccc2-c2nc(-c3ccccn3)nc(-c3ccc(-c4ccc5c6ccccc6c6ccccc6c5c4)cc3)c21. The van der Waals surface area contributed by atoms with Crippen LogP contribution in [-0.2, 0) is 5.41 Å². The first-order chi connectivity index (χ1) is 22.1. The minimum atomic E-state index is -0.231. The Balaban J connectivity index is 1.21. The Morgan fingerprint density at radius 1 is 0.467 bits per heavy atom. The third-order valence-electron chi connectivity index (χ3n) is 9.52. The van der Waals surface area contributed by atoms with Gasteiger partial charge in [0.25, 0.3) is 0 Å². The predicted octanol–water partition coefficient (Wildman–Crippen LogP) is 10.6. The van der Waals surface area contributed by atoms with Crippen molar-refractivity contribution in [3.8, 4) is 45.2 Å². The molecular formula is C42H29N3. The van der Waals surface area contributed by atoms with E-state index in [4.69, 9.17) is 9.97 Å². The van der Waals surface area contributed by atoms with Gasteiger partial charge in [0.15, 0.2) is 5.82 Å². The van der Waals surface area contributed by atoms with Gasteiger partial charge >= 0.3 is 0 Å². The van der Waals surface area contributed by atoms with Crippen LogP contribution in [0.4, 0.5) is 0 Å². The molecule has 45 heavy (non-hydrogen) atoms. The van der Waals surface area contributed by atoms with E-state index >= 15 is 0 Å². The Hall–Kier alpha value is -5.67. The average molecular weight is 576 g/mol. The second kappa shape index (κ2) is 9.67. The van der Waals surface area contributed by atoms with Gasteiger partial charge in [0.05, 0.1) is 11.4 Å². The highest BCUT2D eigenvalue weighted by Gasteiger charge is 2.40. The van der Waals surface area contributed by atoms with Crippen molar-refractivity contribution in [2.45, 2.75) is 19.3 Å². The molecule has 212 valence electrons.